The Morgan fingerprint density at radius 2 is 2.18 bits per heavy atom. The molecule has 1 aliphatic rings. The minimum absolute atomic E-state index is 0.192. The second-order valence-electron chi connectivity index (χ2n) is 5.55. The lowest BCUT2D eigenvalue weighted by Gasteiger charge is -2.30. The van der Waals surface area contributed by atoms with Crippen molar-refractivity contribution in [2.45, 2.75) is 59.0 Å². The minimum Gasteiger partial charge on any atom is -0.392 e. The van der Waals surface area contributed by atoms with Crippen LogP contribution in [0.5, 0.6) is 0 Å². The summed E-state index contributed by atoms with van der Waals surface area (Å²) in [5.41, 5.74) is 1.12. The number of hydrogen-bond acceptors (Lipinski definition) is 3. The highest BCUT2D eigenvalue weighted by molar-refractivity contribution is 7.11. The maximum Gasteiger partial charge on any atom is 0.0956 e. The first-order valence-electron chi connectivity index (χ1n) is 6.67. The molecule has 3 atom stereocenters. The summed E-state index contributed by atoms with van der Waals surface area (Å²) in [5, 5.41) is 11.4. The first-order valence-corrected chi connectivity index (χ1v) is 7.49. The van der Waals surface area contributed by atoms with E-state index in [1.165, 1.54) is 30.6 Å². The monoisotopic (exact) mass is 253 g/mol. The van der Waals surface area contributed by atoms with Crippen LogP contribution in [0, 0.1) is 25.7 Å². The molecule has 0 aliphatic heterocycles. The molecule has 0 amide bonds. The van der Waals surface area contributed by atoms with Crippen molar-refractivity contribution >= 4 is 11.3 Å². The number of aliphatic hydroxyl groups is 1. The molecule has 0 saturated heterocycles. The van der Waals surface area contributed by atoms with E-state index in [2.05, 4.69) is 18.8 Å². The number of aliphatic hydroxyl groups excluding tert-OH is 1. The number of thiazole rings is 1. The van der Waals surface area contributed by atoms with E-state index in [9.17, 15) is 5.11 Å². The standard InChI is InChI=1S/C14H23NOS/c1-9-5-4-6-12(7-9)13(16)8-14-15-10(2)11(3)17-14/h9,12-13,16H,4-8H2,1-3H3. The zero-order chi connectivity index (χ0) is 12.4. The van der Waals surface area contributed by atoms with Crippen LogP contribution in [-0.4, -0.2) is 16.2 Å². The van der Waals surface area contributed by atoms with E-state index in [0.717, 1.165) is 23.0 Å². The van der Waals surface area contributed by atoms with Crippen molar-refractivity contribution in [3.8, 4) is 0 Å². The first kappa shape index (κ1) is 13.0. The van der Waals surface area contributed by atoms with E-state index in [1.54, 1.807) is 11.3 Å². The van der Waals surface area contributed by atoms with Crippen molar-refractivity contribution in [2.24, 2.45) is 11.8 Å². The Hall–Kier alpha value is -0.410. The highest BCUT2D eigenvalue weighted by Crippen LogP contribution is 2.32. The molecule has 17 heavy (non-hydrogen) atoms. The topological polar surface area (TPSA) is 33.1 Å². The van der Waals surface area contributed by atoms with Crippen molar-refractivity contribution in [2.75, 3.05) is 0 Å². The second-order valence-corrected chi connectivity index (χ2v) is 6.84. The molecule has 0 aromatic carbocycles. The van der Waals surface area contributed by atoms with Crippen molar-refractivity contribution in [1.82, 2.24) is 4.98 Å². The Morgan fingerprint density at radius 1 is 1.41 bits per heavy atom. The van der Waals surface area contributed by atoms with Crippen LogP contribution in [0.15, 0.2) is 0 Å². The summed E-state index contributed by atoms with van der Waals surface area (Å²) in [7, 11) is 0. The summed E-state index contributed by atoms with van der Waals surface area (Å²) in [6.45, 7) is 6.45. The van der Waals surface area contributed by atoms with Gasteiger partial charge in [0.05, 0.1) is 16.8 Å². The average Bonchev–Trinajstić information content (AvgIpc) is 2.58. The molecule has 96 valence electrons. The van der Waals surface area contributed by atoms with Gasteiger partial charge < -0.3 is 5.11 Å². The SMILES string of the molecule is Cc1nc(CC(O)C2CCCC(C)C2)sc1C. The van der Waals surface area contributed by atoms with Crippen molar-refractivity contribution in [3.05, 3.63) is 15.6 Å². The number of aryl methyl sites for hydroxylation is 2. The van der Waals surface area contributed by atoms with E-state index < -0.39 is 0 Å². The first-order chi connectivity index (χ1) is 8.06. The Bertz CT molecular complexity index is 355. The van der Waals surface area contributed by atoms with Gasteiger partial charge in [-0.15, -0.1) is 11.3 Å². The van der Waals surface area contributed by atoms with Crippen LogP contribution in [-0.2, 0) is 6.42 Å². The lowest BCUT2D eigenvalue weighted by Crippen LogP contribution is -2.27. The van der Waals surface area contributed by atoms with Gasteiger partial charge in [-0.1, -0.05) is 19.8 Å². The highest BCUT2D eigenvalue weighted by Gasteiger charge is 2.26. The van der Waals surface area contributed by atoms with Crippen molar-refractivity contribution in [1.29, 1.82) is 0 Å². The van der Waals surface area contributed by atoms with Crippen LogP contribution in [0.2, 0.25) is 0 Å². The lowest BCUT2D eigenvalue weighted by molar-refractivity contribution is 0.0719. The Morgan fingerprint density at radius 3 is 2.76 bits per heavy atom. The van der Waals surface area contributed by atoms with Crippen LogP contribution < -0.4 is 0 Å². The number of aromatic nitrogens is 1. The lowest BCUT2D eigenvalue weighted by atomic mass is 9.79. The number of rotatable bonds is 3. The molecule has 1 aromatic heterocycles. The third-order valence-corrected chi connectivity index (χ3v) is 5.07. The summed E-state index contributed by atoms with van der Waals surface area (Å²) < 4.78 is 0. The molecule has 2 rings (SSSR count). The quantitative estimate of drug-likeness (QED) is 0.894. The van der Waals surface area contributed by atoms with Crippen LogP contribution >= 0.6 is 11.3 Å². The van der Waals surface area contributed by atoms with Crippen molar-refractivity contribution in [3.63, 3.8) is 0 Å². The Labute approximate surface area is 108 Å². The second kappa shape index (κ2) is 5.49. The van der Waals surface area contributed by atoms with E-state index in [-0.39, 0.29) is 6.10 Å². The summed E-state index contributed by atoms with van der Waals surface area (Å²) in [6.07, 6.45) is 5.54. The highest BCUT2D eigenvalue weighted by atomic mass is 32.1. The van der Waals surface area contributed by atoms with Gasteiger partial charge in [0.1, 0.15) is 0 Å². The molecular formula is C14H23NOS. The molecule has 3 heteroatoms. The molecule has 1 N–H and O–H groups in total. The van der Waals surface area contributed by atoms with Gasteiger partial charge in [-0.05, 0) is 38.5 Å². The summed E-state index contributed by atoms with van der Waals surface area (Å²) in [6, 6.07) is 0. The Balaban J connectivity index is 1.94. The van der Waals surface area contributed by atoms with E-state index in [1.807, 2.05) is 6.92 Å². The molecule has 1 fully saturated rings. The van der Waals surface area contributed by atoms with Gasteiger partial charge in [-0.25, -0.2) is 4.98 Å². The molecule has 1 aromatic rings. The molecule has 1 aliphatic carbocycles. The normalized spacial score (nSPS) is 27.1. The zero-order valence-electron chi connectivity index (χ0n) is 11.1. The molecule has 0 bridgehead atoms. The van der Waals surface area contributed by atoms with Crippen molar-refractivity contribution < 1.29 is 5.11 Å². The molecule has 3 unspecified atom stereocenters. The summed E-state index contributed by atoms with van der Waals surface area (Å²) in [5.74, 6) is 1.27. The zero-order valence-corrected chi connectivity index (χ0v) is 11.9. The molecular weight excluding hydrogens is 230 g/mol. The third-order valence-electron chi connectivity index (χ3n) is 3.98. The van der Waals surface area contributed by atoms with Gasteiger partial charge in [-0.2, -0.15) is 0 Å². The van der Waals surface area contributed by atoms with Gasteiger partial charge >= 0.3 is 0 Å². The van der Waals surface area contributed by atoms with Gasteiger partial charge in [0.25, 0.3) is 0 Å². The van der Waals surface area contributed by atoms with Crippen LogP contribution in [0.3, 0.4) is 0 Å². The maximum absolute atomic E-state index is 10.3. The molecule has 0 radical (unpaired) electrons. The largest absolute Gasteiger partial charge is 0.392 e. The smallest absolute Gasteiger partial charge is 0.0956 e. The van der Waals surface area contributed by atoms with Gasteiger partial charge in [0.2, 0.25) is 0 Å². The average molecular weight is 253 g/mol. The fourth-order valence-corrected chi connectivity index (χ4v) is 3.79. The molecule has 1 heterocycles. The predicted molar refractivity (Wildman–Crippen MR) is 72.4 cm³/mol. The summed E-state index contributed by atoms with van der Waals surface area (Å²) in [4.78, 5) is 5.80. The molecule has 1 saturated carbocycles. The van der Waals surface area contributed by atoms with E-state index in [0.29, 0.717) is 5.92 Å². The Kier molecular flexibility index (Phi) is 4.21. The van der Waals surface area contributed by atoms with Gasteiger partial charge in [-0.3, -0.25) is 0 Å². The number of hydrogen-bond donors (Lipinski definition) is 1. The number of nitrogens with zero attached hydrogens (tertiary/aromatic N) is 1. The predicted octanol–water partition coefficient (Wildman–Crippen LogP) is 3.49. The van der Waals surface area contributed by atoms with Crippen LogP contribution in [0.4, 0.5) is 0 Å². The third kappa shape index (κ3) is 3.29. The fourth-order valence-electron chi connectivity index (χ4n) is 2.80. The van der Waals surface area contributed by atoms with Crippen LogP contribution in [0.25, 0.3) is 0 Å². The molecule has 0 spiro atoms. The van der Waals surface area contributed by atoms with Crippen LogP contribution in [0.1, 0.15) is 48.2 Å². The van der Waals surface area contributed by atoms with E-state index >= 15 is 0 Å². The maximum atomic E-state index is 10.3. The van der Waals surface area contributed by atoms with Gasteiger partial charge in [0.15, 0.2) is 0 Å². The minimum atomic E-state index is -0.192. The van der Waals surface area contributed by atoms with Gasteiger partial charge in [0, 0.05) is 11.3 Å². The summed E-state index contributed by atoms with van der Waals surface area (Å²) >= 11 is 1.74. The molecule has 2 nitrogen and oxygen atoms in total. The van der Waals surface area contributed by atoms with E-state index in [4.69, 9.17) is 0 Å². The fraction of sp³-hybridized carbons (Fsp3) is 0.786.